The molecule has 2 aromatic rings. The molecule has 1 aromatic carbocycles. The van der Waals surface area contributed by atoms with E-state index in [9.17, 15) is 5.11 Å². The Labute approximate surface area is 107 Å². The highest BCUT2D eigenvalue weighted by molar-refractivity contribution is 5.86. The number of aromatic hydroxyl groups is 1. The van der Waals surface area contributed by atoms with Gasteiger partial charge >= 0.3 is 0 Å². The molecule has 92 valence electrons. The van der Waals surface area contributed by atoms with E-state index < -0.39 is 0 Å². The minimum Gasteiger partial charge on any atom is -0.508 e. The lowest BCUT2D eigenvalue weighted by Crippen LogP contribution is -2.29. The average Bonchev–Trinajstić information content (AvgIpc) is 2.67. The maximum atomic E-state index is 9.54. The highest BCUT2D eigenvalue weighted by Gasteiger charge is 2.22. The molecule has 0 amide bonds. The van der Waals surface area contributed by atoms with Crippen molar-refractivity contribution < 1.29 is 5.11 Å². The van der Waals surface area contributed by atoms with E-state index in [4.69, 9.17) is 0 Å². The maximum Gasteiger partial charge on any atom is 0.116 e. The predicted molar refractivity (Wildman–Crippen MR) is 72.0 cm³/mol. The number of phenolic OH excluding ortho intramolecular Hbond substituents is 1. The molecule has 0 fully saturated rings. The van der Waals surface area contributed by atoms with Gasteiger partial charge in [0.1, 0.15) is 5.75 Å². The number of nitrogens with one attached hydrogen (secondary N) is 2. The molecular weight excluding hydrogens is 236 g/mol. The summed E-state index contributed by atoms with van der Waals surface area (Å²) in [6.45, 7) is 3.21. The van der Waals surface area contributed by atoms with Gasteiger partial charge in [0, 0.05) is 22.6 Å². The Morgan fingerprint density at radius 3 is 3.00 bits per heavy atom. The number of hydrogen-bond donors (Lipinski definition) is 3. The van der Waals surface area contributed by atoms with E-state index in [1.807, 2.05) is 12.1 Å². The van der Waals surface area contributed by atoms with Crippen molar-refractivity contribution in [3.63, 3.8) is 0 Å². The predicted octanol–water partition coefficient (Wildman–Crippen LogP) is 2.89. The van der Waals surface area contributed by atoms with E-state index in [1.165, 1.54) is 16.6 Å². The molecule has 0 bridgehead atoms. The highest BCUT2D eigenvalue weighted by Crippen LogP contribution is 2.32. The van der Waals surface area contributed by atoms with Crippen LogP contribution in [0.5, 0.6) is 5.75 Å². The summed E-state index contributed by atoms with van der Waals surface area (Å²) in [6.07, 6.45) is 2.13. The van der Waals surface area contributed by atoms with Crippen LogP contribution in [0, 0.1) is 0 Å². The lowest BCUT2D eigenvalue weighted by atomic mass is 9.98. The van der Waals surface area contributed by atoms with E-state index >= 15 is 0 Å². The van der Waals surface area contributed by atoms with E-state index in [-0.39, 0.29) is 12.4 Å². The zero-order valence-corrected chi connectivity index (χ0v) is 10.6. The van der Waals surface area contributed by atoms with Crippen LogP contribution in [0.1, 0.15) is 30.6 Å². The monoisotopic (exact) mass is 252 g/mol. The Kier molecular flexibility index (Phi) is 3.31. The third-order valence-corrected chi connectivity index (χ3v) is 3.45. The summed E-state index contributed by atoms with van der Waals surface area (Å²) in [4.78, 5) is 3.47. The molecule has 1 atom stereocenters. The van der Waals surface area contributed by atoms with Gasteiger partial charge in [-0.1, -0.05) is 6.92 Å². The molecule has 3 nitrogen and oxygen atoms in total. The quantitative estimate of drug-likeness (QED) is 0.731. The van der Waals surface area contributed by atoms with Gasteiger partial charge in [-0.2, -0.15) is 0 Å². The molecule has 0 radical (unpaired) electrons. The number of rotatable bonds is 1. The maximum absolute atomic E-state index is 9.54. The number of H-pyrrole nitrogens is 1. The molecule has 1 aliphatic rings. The molecule has 3 N–H and O–H groups in total. The molecule has 0 saturated heterocycles. The second-order valence-corrected chi connectivity index (χ2v) is 4.41. The van der Waals surface area contributed by atoms with Crippen LogP contribution in [-0.4, -0.2) is 16.6 Å². The van der Waals surface area contributed by atoms with Crippen molar-refractivity contribution in [1.82, 2.24) is 10.3 Å². The largest absolute Gasteiger partial charge is 0.508 e. The summed E-state index contributed by atoms with van der Waals surface area (Å²) in [5.74, 6) is 0.348. The molecule has 1 unspecified atom stereocenters. The van der Waals surface area contributed by atoms with Crippen LogP contribution in [0.3, 0.4) is 0 Å². The SMILES string of the molecule is CCC1NCCc2c1[nH]c1ccc(O)cc21.Cl. The zero-order chi connectivity index (χ0) is 11.1. The molecule has 0 spiro atoms. The van der Waals surface area contributed by atoms with Gasteiger partial charge in [0.15, 0.2) is 0 Å². The van der Waals surface area contributed by atoms with Gasteiger partial charge < -0.3 is 15.4 Å². The van der Waals surface area contributed by atoms with Gasteiger partial charge in [0.2, 0.25) is 0 Å². The van der Waals surface area contributed by atoms with Gasteiger partial charge in [-0.3, -0.25) is 0 Å². The number of phenols is 1. The van der Waals surface area contributed by atoms with Crippen LogP contribution in [-0.2, 0) is 6.42 Å². The van der Waals surface area contributed by atoms with E-state index in [0.717, 1.165) is 24.9 Å². The van der Waals surface area contributed by atoms with Crippen LogP contribution in [0.25, 0.3) is 10.9 Å². The minimum absolute atomic E-state index is 0. The number of aromatic amines is 1. The Morgan fingerprint density at radius 1 is 1.41 bits per heavy atom. The fourth-order valence-corrected chi connectivity index (χ4v) is 2.65. The average molecular weight is 253 g/mol. The summed E-state index contributed by atoms with van der Waals surface area (Å²) in [5, 5.41) is 14.2. The highest BCUT2D eigenvalue weighted by atomic mass is 35.5. The summed E-state index contributed by atoms with van der Waals surface area (Å²) in [6, 6.07) is 5.98. The molecule has 4 heteroatoms. The smallest absolute Gasteiger partial charge is 0.116 e. The Hall–Kier alpha value is -1.19. The van der Waals surface area contributed by atoms with Crippen molar-refractivity contribution in [2.24, 2.45) is 0 Å². The number of benzene rings is 1. The van der Waals surface area contributed by atoms with Gasteiger partial charge in [-0.05, 0) is 43.1 Å². The van der Waals surface area contributed by atoms with Crippen molar-refractivity contribution in [3.05, 3.63) is 29.5 Å². The van der Waals surface area contributed by atoms with Gasteiger partial charge in [-0.25, -0.2) is 0 Å². The van der Waals surface area contributed by atoms with Crippen molar-refractivity contribution >= 4 is 23.3 Å². The third kappa shape index (κ3) is 1.90. The Bertz CT molecular complexity index is 535. The van der Waals surface area contributed by atoms with Gasteiger partial charge in [-0.15, -0.1) is 12.4 Å². The van der Waals surface area contributed by atoms with Crippen LogP contribution in [0.2, 0.25) is 0 Å². The molecule has 17 heavy (non-hydrogen) atoms. The molecule has 3 rings (SSSR count). The standard InChI is InChI=1S/C13H16N2O.ClH/c1-2-11-13-9(5-6-14-11)10-7-8(16)3-4-12(10)15-13;/h3-4,7,11,14-16H,2,5-6H2,1H3;1H. The summed E-state index contributed by atoms with van der Waals surface area (Å²) in [5.41, 5.74) is 3.80. The number of hydrogen-bond acceptors (Lipinski definition) is 2. The number of halogens is 1. The first-order valence-corrected chi connectivity index (χ1v) is 5.86. The molecule has 1 aliphatic heterocycles. The lowest BCUT2D eigenvalue weighted by molar-refractivity contribution is 0.476. The zero-order valence-electron chi connectivity index (χ0n) is 9.79. The Balaban J connectivity index is 0.00000108. The van der Waals surface area contributed by atoms with Crippen molar-refractivity contribution in [2.75, 3.05) is 6.54 Å². The first-order chi connectivity index (χ1) is 7.79. The second-order valence-electron chi connectivity index (χ2n) is 4.41. The van der Waals surface area contributed by atoms with Crippen LogP contribution >= 0.6 is 12.4 Å². The van der Waals surface area contributed by atoms with Gasteiger partial charge in [0.25, 0.3) is 0 Å². The second kappa shape index (κ2) is 4.59. The third-order valence-electron chi connectivity index (χ3n) is 3.45. The van der Waals surface area contributed by atoms with Crippen molar-refractivity contribution in [1.29, 1.82) is 0 Å². The number of aromatic nitrogens is 1. The Morgan fingerprint density at radius 2 is 2.24 bits per heavy atom. The molecular formula is C13H17ClN2O. The van der Waals surface area contributed by atoms with Crippen molar-refractivity contribution in [3.8, 4) is 5.75 Å². The molecule has 1 aromatic heterocycles. The van der Waals surface area contributed by atoms with Crippen LogP contribution in [0.4, 0.5) is 0 Å². The molecule has 0 aliphatic carbocycles. The number of fused-ring (bicyclic) bond motifs is 3. The van der Waals surface area contributed by atoms with E-state index in [1.54, 1.807) is 6.07 Å². The summed E-state index contributed by atoms with van der Waals surface area (Å²) >= 11 is 0. The summed E-state index contributed by atoms with van der Waals surface area (Å²) in [7, 11) is 0. The van der Waals surface area contributed by atoms with E-state index in [0.29, 0.717) is 11.8 Å². The first-order valence-electron chi connectivity index (χ1n) is 5.86. The fourth-order valence-electron chi connectivity index (χ4n) is 2.65. The lowest BCUT2D eigenvalue weighted by Gasteiger charge is -2.22. The fraction of sp³-hybridized carbons (Fsp3) is 0.385. The van der Waals surface area contributed by atoms with Crippen LogP contribution < -0.4 is 5.32 Å². The van der Waals surface area contributed by atoms with Crippen molar-refractivity contribution in [2.45, 2.75) is 25.8 Å². The topological polar surface area (TPSA) is 48.0 Å². The van der Waals surface area contributed by atoms with Crippen LogP contribution in [0.15, 0.2) is 18.2 Å². The first kappa shape index (κ1) is 12.3. The summed E-state index contributed by atoms with van der Waals surface area (Å²) < 4.78 is 0. The van der Waals surface area contributed by atoms with E-state index in [2.05, 4.69) is 17.2 Å². The molecule has 2 heterocycles. The molecule has 0 saturated carbocycles. The van der Waals surface area contributed by atoms with Gasteiger partial charge in [0.05, 0.1) is 0 Å². The minimum atomic E-state index is 0. The normalized spacial score (nSPS) is 18.8.